The maximum Gasteiger partial charge on any atom is 0.132 e. The van der Waals surface area contributed by atoms with E-state index in [1.807, 2.05) is 44.2 Å². The van der Waals surface area contributed by atoms with E-state index in [2.05, 4.69) is 14.9 Å². The fraction of sp³-hybridized carbons (Fsp3) is 0.389. The van der Waals surface area contributed by atoms with E-state index in [0.29, 0.717) is 11.4 Å². The lowest BCUT2D eigenvalue weighted by molar-refractivity contribution is 0.242. The van der Waals surface area contributed by atoms with Gasteiger partial charge in [0.1, 0.15) is 17.9 Å². The Kier molecular flexibility index (Phi) is 4.55. The number of hydrogen-bond acceptors (Lipinski definition) is 5. The zero-order chi connectivity index (χ0) is 16.2. The highest BCUT2D eigenvalue weighted by atomic mass is 16.5. The second kappa shape index (κ2) is 6.77. The molecule has 0 bridgehead atoms. The highest BCUT2D eigenvalue weighted by Gasteiger charge is 2.16. The molecule has 120 valence electrons. The summed E-state index contributed by atoms with van der Waals surface area (Å²) in [5.74, 6) is 1.68. The Morgan fingerprint density at radius 2 is 1.96 bits per heavy atom. The van der Waals surface area contributed by atoms with E-state index in [4.69, 9.17) is 10.1 Å². The average molecular weight is 310 g/mol. The monoisotopic (exact) mass is 310 g/mol. The first-order valence-corrected chi connectivity index (χ1v) is 8.06. The highest BCUT2D eigenvalue weighted by Crippen LogP contribution is 2.20. The third kappa shape index (κ3) is 3.67. The second-order valence-electron chi connectivity index (χ2n) is 6.03. The summed E-state index contributed by atoms with van der Waals surface area (Å²) in [5.41, 5.74) is 1.83. The summed E-state index contributed by atoms with van der Waals surface area (Å²) in [6.07, 6.45) is 4.06. The maximum absolute atomic E-state index is 8.45. The van der Waals surface area contributed by atoms with Gasteiger partial charge in [-0.1, -0.05) is 12.1 Å². The van der Waals surface area contributed by atoms with Crippen LogP contribution in [0.5, 0.6) is 5.75 Å². The lowest BCUT2D eigenvalue weighted by Gasteiger charge is -2.16. The van der Waals surface area contributed by atoms with Crippen molar-refractivity contribution in [2.45, 2.75) is 32.8 Å². The molecule has 0 amide bonds. The van der Waals surface area contributed by atoms with Crippen molar-refractivity contribution in [1.29, 1.82) is 5.41 Å². The quantitative estimate of drug-likeness (QED) is 0.861. The molecule has 1 aromatic heterocycles. The van der Waals surface area contributed by atoms with Crippen molar-refractivity contribution >= 4 is 11.5 Å². The molecular weight excluding hydrogens is 288 g/mol. The van der Waals surface area contributed by atoms with Crippen molar-refractivity contribution in [2.75, 3.05) is 18.0 Å². The molecular formula is C18H22N4O. The van der Waals surface area contributed by atoms with Crippen LogP contribution in [-0.2, 0) is 0 Å². The second-order valence-corrected chi connectivity index (χ2v) is 6.03. The number of benzene rings is 1. The van der Waals surface area contributed by atoms with Gasteiger partial charge in [-0.05, 0) is 38.8 Å². The van der Waals surface area contributed by atoms with Gasteiger partial charge in [-0.15, -0.1) is 0 Å². The SMILES string of the molecule is CC(C)Oc1cccc(C(=N)c2cc(N3CCCC3)ncn2)c1. The molecule has 1 aromatic carbocycles. The smallest absolute Gasteiger partial charge is 0.132 e. The van der Waals surface area contributed by atoms with Gasteiger partial charge in [0.25, 0.3) is 0 Å². The van der Waals surface area contributed by atoms with Crippen LogP contribution in [0.2, 0.25) is 0 Å². The number of nitrogens with zero attached hydrogens (tertiary/aromatic N) is 3. The van der Waals surface area contributed by atoms with E-state index in [1.165, 1.54) is 12.8 Å². The molecule has 2 heterocycles. The molecule has 3 rings (SSSR count). The molecule has 0 saturated carbocycles. The van der Waals surface area contributed by atoms with E-state index in [-0.39, 0.29) is 6.10 Å². The largest absolute Gasteiger partial charge is 0.491 e. The van der Waals surface area contributed by atoms with Crippen LogP contribution in [0.1, 0.15) is 37.9 Å². The average Bonchev–Trinajstić information content (AvgIpc) is 3.08. The Hall–Kier alpha value is -2.43. The minimum absolute atomic E-state index is 0.111. The van der Waals surface area contributed by atoms with Crippen molar-refractivity contribution in [3.05, 3.63) is 47.9 Å². The molecule has 1 aliphatic rings. The number of anilines is 1. The molecule has 1 fully saturated rings. The number of ether oxygens (including phenoxy) is 1. The fourth-order valence-corrected chi connectivity index (χ4v) is 2.75. The van der Waals surface area contributed by atoms with Gasteiger partial charge in [0.15, 0.2) is 0 Å². The summed E-state index contributed by atoms with van der Waals surface area (Å²) in [4.78, 5) is 10.9. The van der Waals surface area contributed by atoms with Gasteiger partial charge in [0.05, 0.1) is 17.5 Å². The van der Waals surface area contributed by atoms with Crippen molar-refractivity contribution in [3.63, 3.8) is 0 Å². The zero-order valence-electron chi connectivity index (χ0n) is 13.6. The summed E-state index contributed by atoms with van der Waals surface area (Å²) < 4.78 is 5.71. The molecule has 0 unspecified atom stereocenters. The van der Waals surface area contributed by atoms with E-state index >= 15 is 0 Å². The van der Waals surface area contributed by atoms with Crippen LogP contribution in [0.3, 0.4) is 0 Å². The van der Waals surface area contributed by atoms with Gasteiger partial charge in [0, 0.05) is 24.7 Å². The van der Waals surface area contributed by atoms with Crippen LogP contribution >= 0.6 is 0 Å². The summed E-state index contributed by atoms with van der Waals surface area (Å²) in [6, 6.07) is 9.52. The van der Waals surface area contributed by atoms with Crippen molar-refractivity contribution in [2.24, 2.45) is 0 Å². The molecule has 5 heteroatoms. The zero-order valence-corrected chi connectivity index (χ0v) is 13.6. The van der Waals surface area contributed by atoms with Crippen LogP contribution in [-0.4, -0.2) is 34.9 Å². The molecule has 0 spiro atoms. The predicted molar refractivity (Wildman–Crippen MR) is 91.6 cm³/mol. The van der Waals surface area contributed by atoms with E-state index < -0.39 is 0 Å². The van der Waals surface area contributed by atoms with E-state index in [9.17, 15) is 0 Å². The van der Waals surface area contributed by atoms with Gasteiger partial charge in [0.2, 0.25) is 0 Å². The summed E-state index contributed by atoms with van der Waals surface area (Å²) in [7, 11) is 0. The Bertz CT molecular complexity index is 693. The molecule has 0 aliphatic carbocycles. The van der Waals surface area contributed by atoms with Gasteiger partial charge in [-0.25, -0.2) is 9.97 Å². The molecule has 0 atom stereocenters. The van der Waals surface area contributed by atoms with Crippen molar-refractivity contribution in [3.8, 4) is 5.75 Å². The van der Waals surface area contributed by atoms with Gasteiger partial charge < -0.3 is 9.64 Å². The van der Waals surface area contributed by atoms with Crippen LogP contribution in [0.15, 0.2) is 36.7 Å². The molecule has 23 heavy (non-hydrogen) atoms. The Balaban J connectivity index is 1.84. The van der Waals surface area contributed by atoms with Gasteiger partial charge in [-0.3, -0.25) is 5.41 Å². The summed E-state index contributed by atoms with van der Waals surface area (Å²) in [5, 5.41) is 8.45. The molecule has 1 aliphatic heterocycles. The normalized spacial score (nSPS) is 14.3. The van der Waals surface area contributed by atoms with Gasteiger partial charge in [-0.2, -0.15) is 0 Å². The Morgan fingerprint density at radius 3 is 2.70 bits per heavy atom. The van der Waals surface area contributed by atoms with Crippen LogP contribution < -0.4 is 9.64 Å². The molecule has 1 saturated heterocycles. The number of rotatable bonds is 5. The number of nitrogens with one attached hydrogen (secondary N) is 1. The van der Waals surface area contributed by atoms with Crippen molar-refractivity contribution < 1.29 is 4.74 Å². The first-order valence-electron chi connectivity index (χ1n) is 8.06. The highest BCUT2D eigenvalue weighted by molar-refractivity contribution is 6.10. The summed E-state index contributed by atoms with van der Waals surface area (Å²) >= 11 is 0. The topological polar surface area (TPSA) is 62.1 Å². The van der Waals surface area contributed by atoms with Crippen LogP contribution in [0.4, 0.5) is 5.82 Å². The lowest BCUT2D eigenvalue weighted by atomic mass is 10.1. The maximum atomic E-state index is 8.45. The van der Waals surface area contributed by atoms with Crippen molar-refractivity contribution in [1.82, 2.24) is 9.97 Å². The first-order chi connectivity index (χ1) is 11.1. The first kappa shape index (κ1) is 15.5. The number of hydrogen-bond donors (Lipinski definition) is 1. The standard InChI is InChI=1S/C18H22N4O/c1-13(2)23-15-7-5-6-14(10-15)18(19)16-11-17(21-12-20-16)22-8-3-4-9-22/h5-7,10-13,19H,3-4,8-9H2,1-2H3. The third-order valence-corrected chi connectivity index (χ3v) is 3.83. The Labute approximate surface area is 136 Å². The minimum Gasteiger partial charge on any atom is -0.491 e. The third-order valence-electron chi connectivity index (χ3n) is 3.83. The van der Waals surface area contributed by atoms with Crippen LogP contribution in [0, 0.1) is 5.41 Å². The minimum atomic E-state index is 0.111. The van der Waals surface area contributed by atoms with E-state index in [0.717, 1.165) is 30.2 Å². The van der Waals surface area contributed by atoms with Gasteiger partial charge >= 0.3 is 0 Å². The molecule has 2 aromatic rings. The van der Waals surface area contributed by atoms with E-state index in [1.54, 1.807) is 6.33 Å². The fourth-order valence-electron chi connectivity index (χ4n) is 2.75. The summed E-state index contributed by atoms with van der Waals surface area (Å²) in [6.45, 7) is 6.04. The number of aromatic nitrogens is 2. The molecule has 5 nitrogen and oxygen atoms in total. The van der Waals surface area contributed by atoms with Crippen LogP contribution in [0.25, 0.3) is 0 Å². The predicted octanol–water partition coefficient (Wildman–Crippen LogP) is 3.28. The Morgan fingerprint density at radius 1 is 1.17 bits per heavy atom. The lowest BCUT2D eigenvalue weighted by Crippen LogP contribution is -2.20. The molecule has 0 radical (unpaired) electrons. The molecule has 1 N–H and O–H groups in total.